The Morgan fingerprint density at radius 1 is 1.10 bits per heavy atom. The Morgan fingerprint density at radius 2 is 1.71 bits per heavy atom. The summed E-state index contributed by atoms with van der Waals surface area (Å²) in [5.41, 5.74) is 2.13. The zero-order chi connectivity index (χ0) is 15.3. The van der Waals surface area contributed by atoms with E-state index in [9.17, 15) is 4.21 Å². The highest BCUT2D eigenvalue weighted by Crippen LogP contribution is 2.28. The van der Waals surface area contributed by atoms with Crippen LogP contribution in [0.25, 0.3) is 0 Å². The van der Waals surface area contributed by atoms with Crippen LogP contribution in [-0.4, -0.2) is 4.21 Å². The average Bonchev–Trinajstić information content (AvgIpc) is 2.48. The fraction of sp³-hybridized carbons (Fsp3) is 0.294. The number of rotatable bonds is 6. The fourth-order valence-corrected chi connectivity index (χ4v) is 3.83. The van der Waals surface area contributed by atoms with E-state index >= 15 is 0 Å². The number of hydrogen-bond donors (Lipinski definition) is 0. The van der Waals surface area contributed by atoms with Crippen molar-refractivity contribution in [1.82, 2.24) is 0 Å². The minimum absolute atomic E-state index is 0.234. The Balaban J connectivity index is 2.25. The van der Waals surface area contributed by atoms with E-state index < -0.39 is 8.77 Å². The molecule has 0 aromatic heterocycles. The topological polar surface area (TPSA) is 26.3 Å². The quantitative estimate of drug-likeness (QED) is 0.779. The van der Waals surface area contributed by atoms with Gasteiger partial charge in [-0.15, -0.1) is 0 Å². The van der Waals surface area contributed by atoms with E-state index in [1.54, 1.807) is 12.1 Å². The molecule has 0 aliphatic carbocycles. The molecule has 112 valence electrons. The molecule has 2 rings (SSSR count). The first kappa shape index (κ1) is 16.1. The predicted molar refractivity (Wildman–Crippen MR) is 90.1 cm³/mol. The molecule has 2 aromatic carbocycles. The van der Waals surface area contributed by atoms with Crippen molar-refractivity contribution in [3.8, 4) is 0 Å². The summed E-state index contributed by atoms with van der Waals surface area (Å²) in [6.45, 7) is 4.07. The molecule has 0 heterocycles. The van der Waals surface area contributed by atoms with Crippen LogP contribution in [0.3, 0.4) is 0 Å². The Labute approximate surface area is 132 Å². The summed E-state index contributed by atoms with van der Waals surface area (Å²) in [5, 5.41) is 0. The highest BCUT2D eigenvalue weighted by Gasteiger charge is 2.19. The summed E-state index contributed by atoms with van der Waals surface area (Å²) in [4.78, 5) is 0.570. The number of aryl methyl sites for hydroxylation is 1. The van der Waals surface area contributed by atoms with Crippen molar-refractivity contribution in [2.45, 2.75) is 37.7 Å². The van der Waals surface area contributed by atoms with Crippen LogP contribution in [0.5, 0.6) is 0 Å². The molecule has 0 amide bonds. The molecule has 2 atom stereocenters. The molecular formula is C17H20O2S2. The maximum atomic E-state index is 12.8. The fourth-order valence-electron chi connectivity index (χ4n) is 2.11. The largest absolute Gasteiger partial charge is 0.278 e. The van der Waals surface area contributed by atoms with Crippen molar-refractivity contribution in [2.24, 2.45) is 0 Å². The monoisotopic (exact) mass is 320 g/mol. The molecule has 0 N–H and O–H groups in total. The Hall–Kier alpha value is -1.23. The first-order valence-corrected chi connectivity index (χ1v) is 9.48. The van der Waals surface area contributed by atoms with Gasteiger partial charge in [0.15, 0.2) is 8.77 Å². The highest BCUT2D eigenvalue weighted by atomic mass is 32.8. The minimum atomic E-state index is -2.91. The van der Waals surface area contributed by atoms with Crippen LogP contribution >= 0.6 is 0 Å². The summed E-state index contributed by atoms with van der Waals surface area (Å²) < 4.78 is 18.6. The van der Waals surface area contributed by atoms with E-state index in [0.29, 0.717) is 4.90 Å². The molecule has 0 saturated heterocycles. The predicted octanol–water partition coefficient (Wildman–Crippen LogP) is 4.57. The summed E-state index contributed by atoms with van der Waals surface area (Å²) >= 11 is 5.25. The van der Waals surface area contributed by atoms with Gasteiger partial charge in [-0.1, -0.05) is 61.4 Å². The standard InChI is InChI=1S/C17H20O2S2/c1-3-7-17(15-8-5-4-6-9-15)19-21(18,20)16-12-10-14(2)11-13-16/h4-6,8-13,17H,3,7H2,1-2H3. The normalized spacial score (nSPS) is 15.3. The molecule has 0 bridgehead atoms. The molecule has 0 radical (unpaired) electrons. The third-order valence-electron chi connectivity index (χ3n) is 3.27. The third-order valence-corrected chi connectivity index (χ3v) is 5.42. The zero-order valence-electron chi connectivity index (χ0n) is 12.3. The second-order valence-electron chi connectivity index (χ2n) is 5.05. The summed E-state index contributed by atoms with van der Waals surface area (Å²) in [6.07, 6.45) is 1.50. The number of benzene rings is 2. The van der Waals surface area contributed by atoms with Crippen LogP contribution in [0.4, 0.5) is 0 Å². The minimum Gasteiger partial charge on any atom is -0.278 e. The van der Waals surface area contributed by atoms with E-state index in [1.165, 1.54) is 0 Å². The van der Waals surface area contributed by atoms with Gasteiger partial charge in [0, 0.05) is 11.2 Å². The molecule has 2 unspecified atom stereocenters. The lowest BCUT2D eigenvalue weighted by Gasteiger charge is -2.19. The van der Waals surface area contributed by atoms with Crippen molar-refractivity contribution in [3.63, 3.8) is 0 Å². The molecule has 0 saturated carbocycles. The van der Waals surface area contributed by atoms with E-state index in [0.717, 1.165) is 24.0 Å². The Bertz CT molecular complexity index is 662. The van der Waals surface area contributed by atoms with Gasteiger partial charge in [0.05, 0.1) is 4.90 Å². The van der Waals surface area contributed by atoms with Gasteiger partial charge in [-0.25, -0.2) is 4.21 Å². The molecule has 2 nitrogen and oxygen atoms in total. The van der Waals surface area contributed by atoms with Crippen molar-refractivity contribution < 1.29 is 8.39 Å². The maximum absolute atomic E-state index is 12.8. The van der Waals surface area contributed by atoms with Gasteiger partial charge in [0.25, 0.3) is 0 Å². The first-order chi connectivity index (χ1) is 10.0. The van der Waals surface area contributed by atoms with Crippen molar-refractivity contribution in [2.75, 3.05) is 0 Å². The van der Waals surface area contributed by atoms with Crippen molar-refractivity contribution in [3.05, 3.63) is 65.7 Å². The lowest BCUT2D eigenvalue weighted by Crippen LogP contribution is -2.11. The molecule has 2 aromatic rings. The molecule has 4 heteroatoms. The molecule has 0 aliphatic heterocycles. The van der Waals surface area contributed by atoms with Crippen LogP contribution < -0.4 is 0 Å². The van der Waals surface area contributed by atoms with Crippen LogP contribution in [0.1, 0.15) is 37.0 Å². The van der Waals surface area contributed by atoms with Crippen LogP contribution in [0.15, 0.2) is 59.5 Å². The first-order valence-electron chi connectivity index (χ1n) is 7.08. The molecule has 0 aliphatic rings. The smallest absolute Gasteiger partial charge is 0.174 e. The summed E-state index contributed by atoms with van der Waals surface area (Å²) in [7, 11) is -2.91. The van der Waals surface area contributed by atoms with Gasteiger partial charge < -0.3 is 0 Å². The van der Waals surface area contributed by atoms with Crippen LogP contribution in [0, 0.1) is 6.92 Å². The molecule has 0 spiro atoms. The van der Waals surface area contributed by atoms with E-state index in [1.807, 2.05) is 49.4 Å². The molecule has 21 heavy (non-hydrogen) atoms. The SMILES string of the molecule is CCCC(OS(=O)(=S)c1ccc(C)cc1)c1ccccc1. The van der Waals surface area contributed by atoms with Gasteiger partial charge in [-0.05, 0) is 31.0 Å². The lowest BCUT2D eigenvalue weighted by atomic mass is 10.1. The maximum Gasteiger partial charge on any atom is 0.174 e. The van der Waals surface area contributed by atoms with Crippen LogP contribution in [0.2, 0.25) is 0 Å². The summed E-state index contributed by atoms with van der Waals surface area (Å²) in [6, 6.07) is 17.2. The van der Waals surface area contributed by atoms with Crippen molar-refractivity contribution in [1.29, 1.82) is 0 Å². The third kappa shape index (κ3) is 4.37. The second kappa shape index (κ2) is 7.16. The van der Waals surface area contributed by atoms with Gasteiger partial charge in [-0.3, -0.25) is 4.18 Å². The highest BCUT2D eigenvalue weighted by molar-refractivity contribution is 8.30. The Kier molecular flexibility index (Phi) is 5.51. The zero-order valence-corrected chi connectivity index (χ0v) is 14.0. The van der Waals surface area contributed by atoms with Gasteiger partial charge >= 0.3 is 0 Å². The lowest BCUT2D eigenvalue weighted by molar-refractivity contribution is 0.216. The van der Waals surface area contributed by atoms with Gasteiger partial charge in [-0.2, -0.15) is 0 Å². The van der Waals surface area contributed by atoms with Crippen molar-refractivity contribution >= 4 is 20.0 Å². The number of hydrogen-bond acceptors (Lipinski definition) is 3. The Morgan fingerprint density at radius 3 is 2.29 bits per heavy atom. The summed E-state index contributed by atoms with van der Waals surface area (Å²) in [5.74, 6) is 0. The molecule has 0 fully saturated rings. The van der Waals surface area contributed by atoms with E-state index in [-0.39, 0.29) is 6.10 Å². The van der Waals surface area contributed by atoms with Gasteiger partial charge in [0.1, 0.15) is 6.10 Å². The average molecular weight is 320 g/mol. The van der Waals surface area contributed by atoms with E-state index in [2.05, 4.69) is 6.92 Å². The van der Waals surface area contributed by atoms with Gasteiger partial charge in [0.2, 0.25) is 0 Å². The van der Waals surface area contributed by atoms with E-state index in [4.69, 9.17) is 15.4 Å². The second-order valence-corrected chi connectivity index (χ2v) is 7.94. The van der Waals surface area contributed by atoms with Crippen LogP contribution in [-0.2, 0) is 24.1 Å². The molecular weight excluding hydrogens is 300 g/mol.